The van der Waals surface area contributed by atoms with Crippen molar-refractivity contribution in [2.24, 2.45) is 0 Å². The van der Waals surface area contributed by atoms with Gasteiger partial charge in [-0.1, -0.05) is 127 Å². The lowest BCUT2D eigenvalue weighted by molar-refractivity contribution is 1.60. The predicted molar refractivity (Wildman–Crippen MR) is 161 cm³/mol. The molecule has 0 aliphatic rings. The Balaban J connectivity index is 1.21. The van der Waals surface area contributed by atoms with Crippen LogP contribution < -0.4 is 0 Å². The van der Waals surface area contributed by atoms with E-state index in [0.717, 1.165) is 0 Å². The Hall–Kier alpha value is -4.46. The summed E-state index contributed by atoms with van der Waals surface area (Å²) in [4.78, 5) is 0. The van der Waals surface area contributed by atoms with E-state index in [2.05, 4.69) is 146 Å². The molecule has 0 nitrogen and oxygen atoms in total. The van der Waals surface area contributed by atoms with Crippen LogP contribution in [0.4, 0.5) is 0 Å². The summed E-state index contributed by atoms with van der Waals surface area (Å²) in [6.07, 6.45) is 0. The second-order valence-electron chi connectivity index (χ2n) is 9.41. The van der Waals surface area contributed by atoms with Crippen LogP contribution in [0.3, 0.4) is 0 Å². The fraction of sp³-hybridized carbons (Fsp3) is 0. The van der Waals surface area contributed by atoms with E-state index in [0.29, 0.717) is 0 Å². The van der Waals surface area contributed by atoms with Crippen molar-refractivity contribution in [1.29, 1.82) is 0 Å². The summed E-state index contributed by atoms with van der Waals surface area (Å²) < 4.78 is 2.66. The van der Waals surface area contributed by atoms with Crippen molar-refractivity contribution in [2.45, 2.75) is 0 Å². The zero-order chi connectivity index (χ0) is 24.6. The van der Waals surface area contributed by atoms with Crippen LogP contribution in [-0.4, -0.2) is 0 Å². The van der Waals surface area contributed by atoms with Crippen LogP contribution in [0, 0.1) is 0 Å². The summed E-state index contributed by atoms with van der Waals surface area (Å²) in [6.45, 7) is 0. The molecule has 0 saturated carbocycles. The Morgan fingerprint density at radius 3 is 1.22 bits per heavy atom. The van der Waals surface area contributed by atoms with Gasteiger partial charge < -0.3 is 0 Å². The summed E-state index contributed by atoms with van der Waals surface area (Å²) >= 11 is 1.87. The van der Waals surface area contributed by atoms with Gasteiger partial charge in [-0.2, -0.15) is 0 Å². The van der Waals surface area contributed by atoms with E-state index < -0.39 is 0 Å². The average Bonchev–Trinajstić information content (AvgIpc) is 3.35. The fourth-order valence-corrected chi connectivity index (χ4v) is 6.23. The molecule has 7 rings (SSSR count). The summed E-state index contributed by atoms with van der Waals surface area (Å²) in [6, 6.07) is 52.6. The van der Waals surface area contributed by atoms with Gasteiger partial charge in [-0.25, -0.2) is 0 Å². The van der Waals surface area contributed by atoms with Crippen molar-refractivity contribution >= 4 is 31.5 Å². The zero-order valence-corrected chi connectivity index (χ0v) is 21.1. The third-order valence-electron chi connectivity index (χ3n) is 7.12. The van der Waals surface area contributed by atoms with Crippen molar-refractivity contribution in [3.63, 3.8) is 0 Å². The normalized spacial score (nSPS) is 11.2. The summed E-state index contributed by atoms with van der Waals surface area (Å²) in [7, 11) is 0. The van der Waals surface area contributed by atoms with E-state index in [1.165, 1.54) is 64.7 Å². The molecule has 0 aliphatic carbocycles. The number of hydrogen-bond donors (Lipinski definition) is 0. The summed E-state index contributed by atoms with van der Waals surface area (Å²) in [5.74, 6) is 0. The average molecular weight is 489 g/mol. The molecule has 0 radical (unpaired) electrons. The lowest BCUT2D eigenvalue weighted by Gasteiger charge is -2.06. The zero-order valence-electron chi connectivity index (χ0n) is 20.3. The van der Waals surface area contributed by atoms with Gasteiger partial charge in [0.1, 0.15) is 0 Å². The quantitative estimate of drug-likeness (QED) is 0.231. The third kappa shape index (κ3) is 4.14. The summed E-state index contributed by atoms with van der Waals surface area (Å²) in [5, 5.41) is 2.66. The van der Waals surface area contributed by atoms with Gasteiger partial charge >= 0.3 is 0 Å². The predicted octanol–water partition coefficient (Wildman–Crippen LogP) is 10.7. The largest absolute Gasteiger partial charge is 0.135 e. The third-order valence-corrected chi connectivity index (χ3v) is 8.26. The van der Waals surface area contributed by atoms with Crippen molar-refractivity contribution < 1.29 is 0 Å². The van der Waals surface area contributed by atoms with Crippen LogP contribution in [-0.2, 0) is 0 Å². The highest BCUT2D eigenvalue weighted by Gasteiger charge is 2.09. The first-order chi connectivity index (χ1) is 18.3. The molecule has 6 aromatic carbocycles. The van der Waals surface area contributed by atoms with Crippen molar-refractivity contribution in [1.82, 2.24) is 0 Å². The van der Waals surface area contributed by atoms with Crippen LogP contribution in [0.1, 0.15) is 0 Å². The van der Waals surface area contributed by atoms with Crippen LogP contribution in [0.5, 0.6) is 0 Å². The van der Waals surface area contributed by atoms with Gasteiger partial charge in [-0.15, -0.1) is 11.3 Å². The Morgan fingerprint density at radius 2 is 0.676 bits per heavy atom. The first-order valence-electron chi connectivity index (χ1n) is 12.6. The van der Waals surface area contributed by atoms with Crippen molar-refractivity contribution in [3.8, 4) is 44.5 Å². The topological polar surface area (TPSA) is 0 Å². The fourth-order valence-electron chi connectivity index (χ4n) is 5.11. The van der Waals surface area contributed by atoms with E-state index in [1.807, 2.05) is 11.3 Å². The molecule has 0 amide bonds. The lowest BCUT2D eigenvalue weighted by Crippen LogP contribution is -1.81. The van der Waals surface area contributed by atoms with E-state index in [9.17, 15) is 0 Å². The minimum atomic E-state index is 1.25. The van der Waals surface area contributed by atoms with Crippen LogP contribution >= 0.6 is 11.3 Å². The highest BCUT2D eigenvalue weighted by atomic mass is 32.1. The Bertz CT molecular complexity index is 1830. The minimum absolute atomic E-state index is 1.25. The van der Waals surface area contributed by atoms with Gasteiger partial charge in [0.2, 0.25) is 0 Å². The number of benzene rings is 6. The van der Waals surface area contributed by atoms with E-state index in [4.69, 9.17) is 0 Å². The van der Waals surface area contributed by atoms with Crippen LogP contribution in [0.15, 0.2) is 146 Å². The maximum absolute atomic E-state index is 2.35. The smallest absolute Gasteiger partial charge is 0.0361 e. The first kappa shape index (κ1) is 21.8. The van der Waals surface area contributed by atoms with Gasteiger partial charge in [0.05, 0.1) is 0 Å². The molecule has 0 atom stereocenters. The molecule has 7 aromatic rings. The van der Waals surface area contributed by atoms with Crippen molar-refractivity contribution in [3.05, 3.63) is 146 Å². The van der Waals surface area contributed by atoms with E-state index in [-0.39, 0.29) is 0 Å². The number of fused-ring (bicyclic) bond motifs is 3. The maximum Gasteiger partial charge on any atom is 0.0361 e. The Kier molecular flexibility index (Phi) is 5.42. The molecular weight excluding hydrogens is 464 g/mol. The number of thiophene rings is 1. The molecule has 1 aromatic heterocycles. The monoisotopic (exact) mass is 488 g/mol. The molecule has 37 heavy (non-hydrogen) atoms. The summed E-state index contributed by atoms with van der Waals surface area (Å²) in [5.41, 5.74) is 10.0. The standard InChI is InChI=1S/C36H24S/c1-3-7-25(8-4-1)27-11-15-29(16-12-27)31-20-22-35-34(23-31)33-21-19-32(24-36(33)37-35)30-17-13-28(14-18-30)26-9-5-2-6-10-26/h1-24H. The SMILES string of the molecule is c1ccc(-c2ccc(-c3ccc4c(c3)sc3ccc(-c5ccc(-c6ccccc6)cc5)cc34)cc2)cc1. The Labute approximate surface area is 221 Å². The molecule has 0 aliphatic heterocycles. The molecule has 1 heterocycles. The first-order valence-corrected chi connectivity index (χ1v) is 13.4. The van der Waals surface area contributed by atoms with Crippen molar-refractivity contribution in [2.75, 3.05) is 0 Å². The molecule has 0 fully saturated rings. The minimum Gasteiger partial charge on any atom is -0.135 e. The molecular formula is C36H24S. The van der Waals surface area contributed by atoms with E-state index in [1.54, 1.807) is 0 Å². The van der Waals surface area contributed by atoms with Gasteiger partial charge in [0.25, 0.3) is 0 Å². The molecule has 0 spiro atoms. The van der Waals surface area contributed by atoms with Gasteiger partial charge in [0.15, 0.2) is 0 Å². The molecule has 0 N–H and O–H groups in total. The highest BCUT2D eigenvalue weighted by Crippen LogP contribution is 2.39. The molecule has 0 saturated heterocycles. The van der Waals surface area contributed by atoms with Gasteiger partial charge in [-0.3, -0.25) is 0 Å². The van der Waals surface area contributed by atoms with E-state index >= 15 is 0 Å². The Morgan fingerprint density at radius 1 is 0.270 bits per heavy atom. The second kappa shape index (κ2) is 9.20. The maximum atomic E-state index is 2.35. The number of rotatable bonds is 4. The molecule has 174 valence electrons. The van der Waals surface area contributed by atoms with Crippen LogP contribution in [0.25, 0.3) is 64.7 Å². The van der Waals surface area contributed by atoms with Gasteiger partial charge in [-0.05, 0) is 62.7 Å². The lowest BCUT2D eigenvalue weighted by atomic mass is 9.98. The van der Waals surface area contributed by atoms with Gasteiger partial charge in [0, 0.05) is 20.2 Å². The molecule has 1 heteroatoms. The highest BCUT2D eigenvalue weighted by molar-refractivity contribution is 7.25. The molecule has 0 unspecified atom stereocenters. The molecule has 0 bridgehead atoms. The second-order valence-corrected chi connectivity index (χ2v) is 10.5. The number of hydrogen-bond acceptors (Lipinski definition) is 1. The van der Waals surface area contributed by atoms with Crippen LogP contribution in [0.2, 0.25) is 0 Å².